The number of halogens is 1. The molecular weight excluding hydrogens is 464 g/mol. The molecule has 0 spiro atoms. The number of ether oxygens (including phenoxy) is 1. The van der Waals surface area contributed by atoms with E-state index in [4.69, 9.17) is 4.74 Å². The number of methoxy groups -OCH3 is 1. The van der Waals surface area contributed by atoms with E-state index in [0.717, 1.165) is 38.0 Å². The molecule has 1 fully saturated rings. The molecule has 0 aliphatic carbocycles. The molecule has 1 aliphatic rings. The Morgan fingerprint density at radius 2 is 1.97 bits per heavy atom. The number of thiophene rings is 1. The van der Waals surface area contributed by atoms with Gasteiger partial charge in [0, 0.05) is 29.0 Å². The highest BCUT2D eigenvalue weighted by Crippen LogP contribution is 2.44. The maximum atomic E-state index is 12.9. The van der Waals surface area contributed by atoms with Gasteiger partial charge in [0.15, 0.2) is 0 Å². The van der Waals surface area contributed by atoms with E-state index in [9.17, 15) is 9.59 Å². The first kappa shape index (κ1) is 19.3. The molecule has 2 unspecified atom stereocenters. The van der Waals surface area contributed by atoms with E-state index in [1.807, 2.05) is 33.9 Å². The van der Waals surface area contributed by atoms with Crippen LogP contribution in [0.25, 0.3) is 21.1 Å². The molecule has 2 atom stereocenters. The molecule has 2 aromatic carbocycles. The van der Waals surface area contributed by atoms with Gasteiger partial charge < -0.3 is 4.74 Å². The third kappa shape index (κ3) is 3.04. The Bertz CT molecular complexity index is 1280. The number of nitrogens with zero attached hydrogens (tertiary/aromatic N) is 1. The molecule has 2 amide bonds. The van der Waals surface area contributed by atoms with E-state index in [1.54, 1.807) is 18.4 Å². The minimum atomic E-state index is -0.325. The molecule has 5 nitrogen and oxygen atoms in total. The maximum absolute atomic E-state index is 12.9. The van der Waals surface area contributed by atoms with E-state index in [1.165, 1.54) is 0 Å². The number of rotatable bonds is 4. The largest absolute Gasteiger partial charge is 0.497 e. The third-order valence-corrected chi connectivity index (χ3v) is 7.74. The van der Waals surface area contributed by atoms with Gasteiger partial charge in [-0.05, 0) is 47.2 Å². The van der Waals surface area contributed by atoms with Gasteiger partial charge >= 0.3 is 0 Å². The van der Waals surface area contributed by atoms with Crippen molar-refractivity contribution in [3.8, 4) is 5.75 Å². The second-order valence-electron chi connectivity index (χ2n) is 7.47. The highest BCUT2D eigenvalue weighted by Gasteiger charge is 2.36. The number of carbonyl (C=O) groups is 2. The van der Waals surface area contributed by atoms with Crippen LogP contribution in [-0.2, 0) is 9.59 Å². The van der Waals surface area contributed by atoms with E-state index in [2.05, 4.69) is 45.0 Å². The zero-order chi connectivity index (χ0) is 20.8. The van der Waals surface area contributed by atoms with Gasteiger partial charge in [0.1, 0.15) is 10.6 Å². The molecule has 2 aromatic heterocycles. The number of hydrogen-bond acceptors (Lipinski definition) is 4. The summed E-state index contributed by atoms with van der Waals surface area (Å²) in [6.07, 6.45) is 0.881. The first-order valence-electron chi connectivity index (χ1n) is 9.73. The van der Waals surface area contributed by atoms with Crippen LogP contribution in [0.3, 0.4) is 0 Å². The standard InChI is InChI=1S/C23H19BrN2O3S/c1-29-14-7-5-13(6-8-14)20(16-9-10-19(27)25-22(16)28)15-3-2-4-18-21(15)17-11-12-30-23(17)26(18)24/h2-8,11-12,16,20H,9-10H2,1H3,(H,25,27,28). The predicted molar refractivity (Wildman–Crippen MR) is 122 cm³/mol. The summed E-state index contributed by atoms with van der Waals surface area (Å²) in [6.45, 7) is 0. The van der Waals surface area contributed by atoms with Crippen LogP contribution < -0.4 is 10.1 Å². The number of carbonyl (C=O) groups excluding carboxylic acids is 2. The smallest absolute Gasteiger partial charge is 0.230 e. The summed E-state index contributed by atoms with van der Waals surface area (Å²) >= 11 is 5.37. The van der Waals surface area contributed by atoms with Crippen molar-refractivity contribution in [3.05, 3.63) is 65.0 Å². The number of benzene rings is 2. The molecule has 0 bridgehead atoms. The number of piperidine rings is 1. The summed E-state index contributed by atoms with van der Waals surface area (Å²) < 4.78 is 7.35. The molecule has 4 aromatic rings. The minimum Gasteiger partial charge on any atom is -0.497 e. The molecule has 0 saturated carbocycles. The maximum Gasteiger partial charge on any atom is 0.230 e. The number of hydrogen-bond donors (Lipinski definition) is 1. The third-order valence-electron chi connectivity index (χ3n) is 5.87. The van der Waals surface area contributed by atoms with Gasteiger partial charge in [-0.3, -0.25) is 18.5 Å². The van der Waals surface area contributed by atoms with Gasteiger partial charge in [-0.2, -0.15) is 0 Å². The van der Waals surface area contributed by atoms with Gasteiger partial charge in [-0.25, -0.2) is 0 Å². The highest BCUT2D eigenvalue weighted by molar-refractivity contribution is 9.08. The van der Waals surface area contributed by atoms with Crippen molar-refractivity contribution in [3.63, 3.8) is 0 Å². The minimum absolute atomic E-state index is 0.175. The molecule has 1 N–H and O–H groups in total. The lowest BCUT2D eigenvalue weighted by molar-refractivity contribution is -0.136. The predicted octanol–water partition coefficient (Wildman–Crippen LogP) is 5.21. The van der Waals surface area contributed by atoms with Crippen LogP contribution in [0.1, 0.15) is 29.9 Å². The average molecular weight is 483 g/mol. The topological polar surface area (TPSA) is 60.3 Å². The lowest BCUT2D eigenvalue weighted by atomic mass is 9.75. The van der Waals surface area contributed by atoms with Gasteiger partial charge in [0.05, 0.1) is 28.8 Å². The molecule has 1 aliphatic heterocycles. The fraction of sp³-hybridized carbons (Fsp3) is 0.217. The Balaban J connectivity index is 1.75. The molecular formula is C23H19BrN2O3S. The monoisotopic (exact) mass is 482 g/mol. The second-order valence-corrected chi connectivity index (χ2v) is 9.07. The number of amides is 2. The van der Waals surface area contributed by atoms with Crippen molar-refractivity contribution < 1.29 is 14.3 Å². The van der Waals surface area contributed by atoms with Crippen molar-refractivity contribution in [2.75, 3.05) is 7.11 Å². The number of imide groups is 1. The number of fused-ring (bicyclic) bond motifs is 3. The molecule has 3 heterocycles. The summed E-state index contributed by atoms with van der Waals surface area (Å²) in [5.74, 6) is -0.135. The van der Waals surface area contributed by atoms with Gasteiger partial charge in [0.25, 0.3) is 0 Å². The van der Waals surface area contributed by atoms with E-state index in [-0.39, 0.29) is 23.7 Å². The summed E-state index contributed by atoms with van der Waals surface area (Å²) in [5, 5.41) is 6.91. The zero-order valence-electron chi connectivity index (χ0n) is 16.2. The zero-order valence-corrected chi connectivity index (χ0v) is 18.6. The molecule has 7 heteroatoms. The van der Waals surface area contributed by atoms with Crippen LogP contribution in [0.5, 0.6) is 5.75 Å². The van der Waals surface area contributed by atoms with Crippen LogP contribution in [-0.4, -0.2) is 22.5 Å². The van der Waals surface area contributed by atoms with Crippen LogP contribution in [0.2, 0.25) is 0 Å². The van der Waals surface area contributed by atoms with E-state index in [0.29, 0.717) is 12.8 Å². The summed E-state index contributed by atoms with van der Waals surface area (Å²) in [5.41, 5.74) is 3.19. The first-order valence-corrected chi connectivity index (χ1v) is 11.3. The van der Waals surface area contributed by atoms with Crippen LogP contribution >= 0.6 is 27.5 Å². The van der Waals surface area contributed by atoms with Crippen LogP contribution in [0.4, 0.5) is 0 Å². The lowest BCUT2D eigenvalue weighted by Crippen LogP contribution is -2.43. The molecule has 30 heavy (non-hydrogen) atoms. The number of aromatic nitrogens is 1. The number of nitrogens with one attached hydrogen (secondary N) is 1. The SMILES string of the molecule is COc1ccc(C(c2cccc3c2c2ccsc2n3Br)C2CCC(=O)NC2=O)cc1. The molecule has 0 radical (unpaired) electrons. The van der Waals surface area contributed by atoms with Crippen LogP contribution in [0.15, 0.2) is 53.9 Å². The van der Waals surface area contributed by atoms with E-state index >= 15 is 0 Å². The molecule has 1 saturated heterocycles. The van der Waals surface area contributed by atoms with E-state index < -0.39 is 0 Å². The Kier molecular flexibility index (Phi) is 4.87. The normalized spacial score (nSPS) is 18.0. The first-order chi connectivity index (χ1) is 14.6. The summed E-state index contributed by atoms with van der Waals surface area (Å²) in [7, 11) is 1.64. The Hall–Kier alpha value is -2.64. The van der Waals surface area contributed by atoms with Gasteiger partial charge in [-0.1, -0.05) is 24.3 Å². The van der Waals surface area contributed by atoms with Crippen molar-refractivity contribution in [1.82, 2.24) is 8.91 Å². The van der Waals surface area contributed by atoms with Crippen molar-refractivity contribution in [2.24, 2.45) is 5.92 Å². The van der Waals surface area contributed by atoms with Gasteiger partial charge in [0.2, 0.25) is 11.8 Å². The second kappa shape index (κ2) is 7.56. The van der Waals surface area contributed by atoms with Gasteiger partial charge in [-0.15, -0.1) is 11.3 Å². The Morgan fingerprint density at radius 1 is 1.17 bits per heavy atom. The highest BCUT2D eigenvalue weighted by atomic mass is 79.9. The summed E-state index contributed by atoms with van der Waals surface area (Å²) in [4.78, 5) is 25.8. The average Bonchev–Trinajstić information content (AvgIpc) is 3.34. The fourth-order valence-electron chi connectivity index (χ4n) is 4.49. The molecule has 5 rings (SSSR count). The quantitative estimate of drug-likeness (QED) is 0.406. The van der Waals surface area contributed by atoms with Crippen molar-refractivity contribution in [2.45, 2.75) is 18.8 Å². The van der Waals surface area contributed by atoms with Crippen molar-refractivity contribution >= 4 is 60.4 Å². The van der Waals surface area contributed by atoms with Crippen LogP contribution in [0, 0.1) is 5.92 Å². The molecule has 152 valence electrons. The Labute approximate surface area is 186 Å². The lowest BCUT2D eigenvalue weighted by Gasteiger charge is -2.30. The Morgan fingerprint density at radius 3 is 2.70 bits per heavy atom. The summed E-state index contributed by atoms with van der Waals surface area (Å²) in [6, 6.07) is 16.2. The van der Waals surface area contributed by atoms with Crippen molar-refractivity contribution in [1.29, 1.82) is 0 Å². The fourth-order valence-corrected chi connectivity index (χ4v) is 6.05.